The maximum atomic E-state index is 13.8. The summed E-state index contributed by atoms with van der Waals surface area (Å²) in [5, 5.41) is 0. The Balaban J connectivity index is 1.36. The Morgan fingerprint density at radius 1 is 0.878 bits per heavy atom. The van der Waals surface area contributed by atoms with Crippen LogP contribution in [0.25, 0.3) is 0 Å². The number of aryl methyl sites for hydroxylation is 2. The Bertz CT molecular complexity index is 1170. The third-order valence-corrected chi connectivity index (χ3v) is 8.39. The highest BCUT2D eigenvalue weighted by Gasteiger charge is 2.36. The first-order valence-corrected chi connectivity index (χ1v) is 15.0. The molecule has 2 aromatic rings. The Kier molecular flexibility index (Phi) is 10.1. The standard InChI is InChI=1S/C33H45F3N2O3/c1-6-40-31(39)32(4,5)41-30-23(2)18-26(19-24(30)3)22-38-16-14-37(15-17-38)21-25-12-13-29(33(34,35)36)28(20-25)27-10-8-7-9-11-27/h12-13,18-20,27H,6-11,14-17,21-22H2,1-5H3. The molecule has 0 bridgehead atoms. The van der Waals surface area contributed by atoms with Crippen molar-refractivity contribution in [3.63, 3.8) is 0 Å². The minimum atomic E-state index is -4.31. The maximum absolute atomic E-state index is 13.8. The number of piperazine rings is 1. The van der Waals surface area contributed by atoms with E-state index in [0.717, 1.165) is 81.5 Å². The molecule has 0 aromatic heterocycles. The highest BCUT2D eigenvalue weighted by atomic mass is 19.4. The zero-order chi connectivity index (χ0) is 29.8. The van der Waals surface area contributed by atoms with Crippen LogP contribution >= 0.6 is 0 Å². The van der Waals surface area contributed by atoms with Crippen molar-refractivity contribution in [3.8, 4) is 5.75 Å². The molecule has 1 heterocycles. The fraction of sp³-hybridized carbons (Fsp3) is 0.606. The summed E-state index contributed by atoms with van der Waals surface area (Å²) in [6, 6.07) is 9.04. The van der Waals surface area contributed by atoms with Crippen LogP contribution in [-0.4, -0.2) is 54.2 Å². The van der Waals surface area contributed by atoms with E-state index in [0.29, 0.717) is 24.5 Å². The molecular formula is C33H45F3N2O3. The van der Waals surface area contributed by atoms with Gasteiger partial charge in [-0.2, -0.15) is 13.2 Å². The zero-order valence-corrected chi connectivity index (χ0v) is 25.2. The average molecular weight is 575 g/mol. The lowest BCUT2D eigenvalue weighted by Crippen LogP contribution is -2.45. The normalized spacial score (nSPS) is 18.0. The fourth-order valence-electron chi connectivity index (χ4n) is 6.24. The van der Waals surface area contributed by atoms with Gasteiger partial charge in [-0.05, 0) is 87.3 Å². The van der Waals surface area contributed by atoms with Gasteiger partial charge in [0.1, 0.15) is 5.75 Å². The molecule has 4 rings (SSSR count). The molecule has 2 aliphatic rings. The van der Waals surface area contributed by atoms with E-state index in [-0.39, 0.29) is 11.9 Å². The summed E-state index contributed by atoms with van der Waals surface area (Å²) in [5.74, 6) is 0.333. The van der Waals surface area contributed by atoms with E-state index in [2.05, 4.69) is 21.9 Å². The molecule has 0 N–H and O–H groups in total. The monoisotopic (exact) mass is 574 g/mol. The van der Waals surface area contributed by atoms with Gasteiger partial charge in [0.05, 0.1) is 12.2 Å². The summed E-state index contributed by atoms with van der Waals surface area (Å²) in [7, 11) is 0. The first-order chi connectivity index (χ1) is 19.4. The van der Waals surface area contributed by atoms with Crippen LogP contribution < -0.4 is 4.74 Å². The summed E-state index contributed by atoms with van der Waals surface area (Å²) in [6.07, 6.45) is 0.519. The molecule has 1 saturated carbocycles. The van der Waals surface area contributed by atoms with Gasteiger partial charge in [-0.25, -0.2) is 4.79 Å². The van der Waals surface area contributed by atoms with Crippen molar-refractivity contribution in [2.45, 2.75) is 97.5 Å². The molecule has 2 aromatic carbocycles. The van der Waals surface area contributed by atoms with Crippen LogP contribution in [0, 0.1) is 13.8 Å². The summed E-state index contributed by atoms with van der Waals surface area (Å²) in [5.41, 5.74) is 3.09. The van der Waals surface area contributed by atoms with E-state index >= 15 is 0 Å². The number of hydrogen-bond donors (Lipinski definition) is 0. The van der Waals surface area contributed by atoms with Crippen LogP contribution in [-0.2, 0) is 28.8 Å². The lowest BCUT2D eigenvalue weighted by atomic mass is 9.81. The predicted octanol–water partition coefficient (Wildman–Crippen LogP) is 7.41. The molecule has 0 amide bonds. The van der Waals surface area contributed by atoms with Crippen LogP contribution in [0.5, 0.6) is 5.75 Å². The van der Waals surface area contributed by atoms with Gasteiger partial charge in [0.25, 0.3) is 0 Å². The minimum absolute atomic E-state index is 0.0112. The fourth-order valence-corrected chi connectivity index (χ4v) is 6.24. The second-order valence-electron chi connectivity index (χ2n) is 12.2. The Labute approximate surface area is 243 Å². The summed E-state index contributed by atoms with van der Waals surface area (Å²) in [6.45, 7) is 14.5. The number of halogens is 3. The van der Waals surface area contributed by atoms with E-state index in [1.54, 1.807) is 26.8 Å². The number of hydrogen-bond acceptors (Lipinski definition) is 5. The third-order valence-electron chi connectivity index (χ3n) is 8.39. The van der Waals surface area contributed by atoms with E-state index < -0.39 is 17.3 Å². The smallest absolute Gasteiger partial charge is 0.416 e. The molecule has 1 saturated heterocycles. The van der Waals surface area contributed by atoms with Gasteiger partial charge >= 0.3 is 12.1 Å². The van der Waals surface area contributed by atoms with Gasteiger partial charge in [0.15, 0.2) is 5.60 Å². The second kappa shape index (κ2) is 13.2. The minimum Gasteiger partial charge on any atom is -0.476 e. The van der Waals surface area contributed by atoms with Crippen molar-refractivity contribution < 1.29 is 27.4 Å². The van der Waals surface area contributed by atoms with Gasteiger partial charge in [0, 0.05) is 39.3 Å². The third kappa shape index (κ3) is 8.04. The van der Waals surface area contributed by atoms with Gasteiger partial charge < -0.3 is 9.47 Å². The van der Waals surface area contributed by atoms with Gasteiger partial charge in [-0.1, -0.05) is 43.5 Å². The molecule has 2 fully saturated rings. The van der Waals surface area contributed by atoms with Gasteiger partial charge in [0.2, 0.25) is 0 Å². The van der Waals surface area contributed by atoms with Crippen LogP contribution in [0.4, 0.5) is 13.2 Å². The van der Waals surface area contributed by atoms with E-state index in [9.17, 15) is 18.0 Å². The van der Waals surface area contributed by atoms with E-state index in [4.69, 9.17) is 9.47 Å². The predicted molar refractivity (Wildman–Crippen MR) is 155 cm³/mol. The molecule has 0 radical (unpaired) electrons. The average Bonchev–Trinajstić information content (AvgIpc) is 2.92. The van der Waals surface area contributed by atoms with Crippen molar-refractivity contribution in [1.29, 1.82) is 0 Å². The van der Waals surface area contributed by atoms with Crippen LogP contribution in [0.1, 0.15) is 92.2 Å². The number of benzene rings is 2. The number of carbonyl (C=O) groups excluding carboxylic acids is 1. The number of nitrogens with zero attached hydrogens (tertiary/aromatic N) is 2. The number of carbonyl (C=O) groups is 1. The number of alkyl halides is 3. The van der Waals surface area contributed by atoms with Crippen LogP contribution in [0.2, 0.25) is 0 Å². The summed E-state index contributed by atoms with van der Waals surface area (Å²) in [4.78, 5) is 17.1. The topological polar surface area (TPSA) is 42.0 Å². The first-order valence-electron chi connectivity index (χ1n) is 15.0. The summed E-state index contributed by atoms with van der Waals surface area (Å²) < 4.78 is 52.6. The molecule has 226 valence electrons. The number of esters is 1. The van der Waals surface area contributed by atoms with E-state index in [1.165, 1.54) is 11.6 Å². The van der Waals surface area contributed by atoms with Crippen molar-refractivity contribution >= 4 is 5.97 Å². The largest absolute Gasteiger partial charge is 0.476 e. The summed E-state index contributed by atoms with van der Waals surface area (Å²) >= 11 is 0. The number of ether oxygens (including phenoxy) is 2. The Morgan fingerprint density at radius 3 is 1.98 bits per heavy atom. The van der Waals surface area contributed by atoms with Gasteiger partial charge in [-0.15, -0.1) is 0 Å². The highest BCUT2D eigenvalue weighted by Crippen LogP contribution is 2.41. The molecule has 0 atom stereocenters. The molecule has 1 aliphatic heterocycles. The van der Waals surface area contributed by atoms with Crippen LogP contribution in [0.3, 0.4) is 0 Å². The van der Waals surface area contributed by atoms with Crippen molar-refractivity contribution in [2.75, 3.05) is 32.8 Å². The van der Waals surface area contributed by atoms with E-state index in [1.807, 2.05) is 19.9 Å². The molecule has 41 heavy (non-hydrogen) atoms. The Hall–Kier alpha value is -2.58. The molecule has 1 aliphatic carbocycles. The highest BCUT2D eigenvalue weighted by molar-refractivity contribution is 5.79. The SMILES string of the molecule is CCOC(=O)C(C)(C)Oc1c(C)cc(CN2CCN(Cc3ccc(C(F)(F)F)c(C4CCCCC4)c3)CC2)cc1C. The lowest BCUT2D eigenvalue weighted by Gasteiger charge is -2.35. The first kappa shape index (κ1) is 31.4. The molecule has 0 spiro atoms. The number of rotatable bonds is 9. The van der Waals surface area contributed by atoms with Crippen LogP contribution in [0.15, 0.2) is 30.3 Å². The van der Waals surface area contributed by atoms with Crippen molar-refractivity contribution in [3.05, 3.63) is 63.7 Å². The lowest BCUT2D eigenvalue weighted by molar-refractivity contribution is -0.158. The van der Waals surface area contributed by atoms with Crippen molar-refractivity contribution in [2.24, 2.45) is 0 Å². The molecule has 5 nitrogen and oxygen atoms in total. The second-order valence-corrected chi connectivity index (χ2v) is 12.2. The molecule has 8 heteroatoms. The molecule has 0 unspecified atom stereocenters. The van der Waals surface area contributed by atoms with Crippen molar-refractivity contribution in [1.82, 2.24) is 9.80 Å². The maximum Gasteiger partial charge on any atom is 0.416 e. The Morgan fingerprint density at radius 2 is 1.44 bits per heavy atom. The zero-order valence-electron chi connectivity index (χ0n) is 25.2. The quantitative estimate of drug-likeness (QED) is 0.292. The van der Waals surface area contributed by atoms with Gasteiger partial charge in [-0.3, -0.25) is 9.80 Å². The molecular weight excluding hydrogens is 529 g/mol.